The summed E-state index contributed by atoms with van der Waals surface area (Å²) in [5.41, 5.74) is 6.18. The summed E-state index contributed by atoms with van der Waals surface area (Å²) in [5.74, 6) is 1.02. The zero-order chi connectivity index (χ0) is 18.9. The molecule has 0 atom stereocenters. The van der Waals surface area contributed by atoms with Gasteiger partial charge in [-0.15, -0.1) is 0 Å². The number of benzene rings is 2. The Morgan fingerprint density at radius 2 is 1.93 bits per heavy atom. The summed E-state index contributed by atoms with van der Waals surface area (Å²) < 4.78 is 8.42. The number of nitrogens with zero attached hydrogens (tertiary/aromatic N) is 2. The molecule has 1 aliphatic carbocycles. The zero-order valence-electron chi connectivity index (χ0n) is 15.7. The van der Waals surface area contributed by atoms with Crippen LogP contribution in [0.25, 0.3) is 34.0 Å². The van der Waals surface area contributed by atoms with Crippen molar-refractivity contribution in [2.75, 3.05) is 0 Å². The molecule has 28 heavy (non-hydrogen) atoms. The van der Waals surface area contributed by atoms with Crippen LogP contribution in [0.3, 0.4) is 0 Å². The molecule has 0 amide bonds. The van der Waals surface area contributed by atoms with Gasteiger partial charge in [-0.05, 0) is 42.8 Å². The molecular weight excluding hydrogens is 344 g/mol. The van der Waals surface area contributed by atoms with E-state index in [0.29, 0.717) is 0 Å². The summed E-state index contributed by atoms with van der Waals surface area (Å²) in [6.07, 6.45) is 12.9. The van der Waals surface area contributed by atoms with Crippen molar-refractivity contribution in [2.45, 2.75) is 13.3 Å². The highest BCUT2D eigenvalue weighted by Gasteiger charge is 2.20. The van der Waals surface area contributed by atoms with E-state index < -0.39 is 0 Å². The Bertz CT molecular complexity index is 1240. The first-order valence-electron chi connectivity index (χ1n) is 9.50. The van der Waals surface area contributed by atoms with E-state index in [9.17, 15) is 0 Å². The quantitative estimate of drug-likeness (QED) is 0.369. The van der Waals surface area contributed by atoms with E-state index in [4.69, 9.17) is 9.41 Å². The lowest BCUT2D eigenvalue weighted by molar-refractivity contribution is 0.568. The monoisotopic (exact) mass is 364 g/mol. The number of aliphatic imine (C=N–C) groups is 1. The molecule has 0 spiro atoms. The first-order valence-corrected chi connectivity index (χ1v) is 9.50. The van der Waals surface area contributed by atoms with Crippen LogP contribution < -0.4 is 0 Å². The number of hydrogen-bond acceptors (Lipinski definition) is 2. The van der Waals surface area contributed by atoms with Crippen LogP contribution in [-0.2, 0) is 6.42 Å². The molecule has 3 nitrogen and oxygen atoms in total. The predicted octanol–water partition coefficient (Wildman–Crippen LogP) is 6.74. The molecule has 0 N–H and O–H groups in total. The number of fused-ring (bicyclic) bond motifs is 3. The fraction of sp³-hybridized carbons (Fsp3) is 0.0800. The highest BCUT2D eigenvalue weighted by molar-refractivity contribution is 6.00. The Kier molecular flexibility index (Phi) is 4.06. The van der Waals surface area contributed by atoms with Crippen molar-refractivity contribution in [3.63, 3.8) is 0 Å². The molecule has 136 valence electrons. The molecule has 0 saturated heterocycles. The van der Waals surface area contributed by atoms with Crippen molar-refractivity contribution < 1.29 is 4.42 Å². The van der Waals surface area contributed by atoms with Crippen molar-refractivity contribution >= 4 is 28.9 Å². The number of hydrogen-bond donors (Lipinski definition) is 0. The third-order valence-electron chi connectivity index (χ3n) is 5.07. The van der Waals surface area contributed by atoms with Crippen LogP contribution in [0.15, 0.2) is 88.4 Å². The Morgan fingerprint density at radius 3 is 2.79 bits per heavy atom. The molecule has 2 heterocycles. The average Bonchev–Trinajstić information content (AvgIpc) is 3.45. The highest BCUT2D eigenvalue weighted by atomic mass is 16.3. The molecule has 1 aliphatic rings. The van der Waals surface area contributed by atoms with E-state index in [1.807, 2.05) is 31.4 Å². The van der Waals surface area contributed by atoms with Crippen LogP contribution in [0.2, 0.25) is 0 Å². The number of furan rings is 1. The number of rotatable bonds is 4. The minimum Gasteiger partial charge on any atom is -0.458 e. The zero-order valence-corrected chi connectivity index (χ0v) is 15.7. The first kappa shape index (κ1) is 16.6. The third-order valence-corrected chi connectivity index (χ3v) is 5.07. The van der Waals surface area contributed by atoms with Gasteiger partial charge in [-0.1, -0.05) is 48.6 Å². The molecule has 0 unspecified atom stereocenters. The Balaban J connectivity index is 1.76. The maximum absolute atomic E-state index is 6.24. The van der Waals surface area contributed by atoms with Crippen molar-refractivity contribution in [1.82, 2.24) is 4.57 Å². The topological polar surface area (TPSA) is 30.4 Å². The normalized spacial score (nSPS) is 13.3. The largest absolute Gasteiger partial charge is 0.458 e. The van der Waals surface area contributed by atoms with Crippen LogP contribution in [0.5, 0.6) is 0 Å². The van der Waals surface area contributed by atoms with E-state index in [1.165, 1.54) is 11.1 Å². The molecule has 2 aromatic heterocycles. The fourth-order valence-electron chi connectivity index (χ4n) is 3.78. The van der Waals surface area contributed by atoms with Crippen LogP contribution in [0.1, 0.15) is 18.2 Å². The smallest absolute Gasteiger partial charge is 0.162 e. The summed E-state index contributed by atoms with van der Waals surface area (Å²) in [7, 11) is 0. The molecule has 0 fully saturated rings. The van der Waals surface area contributed by atoms with Gasteiger partial charge in [0.2, 0.25) is 0 Å². The average molecular weight is 364 g/mol. The maximum atomic E-state index is 6.24. The van der Waals surface area contributed by atoms with Gasteiger partial charge in [-0.3, -0.25) is 4.99 Å². The van der Waals surface area contributed by atoms with E-state index >= 15 is 0 Å². The van der Waals surface area contributed by atoms with Crippen LogP contribution in [0.4, 0.5) is 5.69 Å². The summed E-state index contributed by atoms with van der Waals surface area (Å²) in [5, 5.41) is 1.12. The van der Waals surface area contributed by atoms with Gasteiger partial charge < -0.3 is 8.98 Å². The lowest BCUT2D eigenvalue weighted by atomic mass is 10.1. The molecule has 0 radical (unpaired) electrons. The molecule has 3 heteroatoms. The molecule has 5 rings (SSSR count). The SMILES string of the molecule is C/C=C\C=Nc1c(-n2cccc2-c2ccccc2)ccc2c3c(oc12)CC=C3. The molecule has 0 saturated carbocycles. The second kappa shape index (κ2) is 6.86. The van der Waals surface area contributed by atoms with Gasteiger partial charge in [0.25, 0.3) is 0 Å². The maximum Gasteiger partial charge on any atom is 0.162 e. The van der Waals surface area contributed by atoms with Crippen molar-refractivity contribution in [3.05, 3.63) is 90.3 Å². The van der Waals surface area contributed by atoms with Gasteiger partial charge in [-0.25, -0.2) is 0 Å². The standard InChI is InChI=1S/C25H20N2O/c1-2-3-16-26-24-22(15-14-20-19-11-7-13-23(19)28-25(20)24)27-17-8-12-21(27)18-9-5-4-6-10-18/h2-12,14-17H,13H2,1H3/b3-2-,26-16?. The van der Waals surface area contributed by atoms with E-state index in [1.54, 1.807) is 0 Å². The summed E-state index contributed by atoms with van der Waals surface area (Å²) in [6, 6.07) is 18.9. The van der Waals surface area contributed by atoms with Gasteiger partial charge in [-0.2, -0.15) is 0 Å². The van der Waals surface area contributed by atoms with Crippen LogP contribution in [0, 0.1) is 0 Å². The van der Waals surface area contributed by atoms with E-state index in [-0.39, 0.29) is 0 Å². The molecular formula is C25H20N2O. The minimum absolute atomic E-state index is 0.843. The van der Waals surface area contributed by atoms with Crippen LogP contribution in [-0.4, -0.2) is 10.8 Å². The van der Waals surface area contributed by atoms with E-state index in [2.05, 4.69) is 71.4 Å². The summed E-state index contributed by atoms with van der Waals surface area (Å²) in [4.78, 5) is 4.78. The van der Waals surface area contributed by atoms with Gasteiger partial charge in [0.05, 0.1) is 11.4 Å². The lowest BCUT2D eigenvalue weighted by Gasteiger charge is -2.12. The molecule has 0 aliphatic heterocycles. The second-order valence-electron chi connectivity index (χ2n) is 6.79. The van der Waals surface area contributed by atoms with Gasteiger partial charge in [0.15, 0.2) is 5.58 Å². The highest BCUT2D eigenvalue weighted by Crippen LogP contribution is 2.41. The molecule has 4 aromatic rings. The molecule has 2 aromatic carbocycles. The fourth-order valence-corrected chi connectivity index (χ4v) is 3.78. The van der Waals surface area contributed by atoms with Crippen molar-refractivity contribution in [1.29, 1.82) is 0 Å². The number of aromatic nitrogens is 1. The van der Waals surface area contributed by atoms with Crippen LogP contribution >= 0.6 is 0 Å². The van der Waals surface area contributed by atoms with Crippen molar-refractivity contribution in [2.24, 2.45) is 4.99 Å². The molecule has 0 bridgehead atoms. The summed E-state index contributed by atoms with van der Waals surface area (Å²) in [6.45, 7) is 1.99. The Labute approximate surface area is 164 Å². The van der Waals surface area contributed by atoms with Gasteiger partial charge >= 0.3 is 0 Å². The Morgan fingerprint density at radius 1 is 1.04 bits per heavy atom. The Hall–Kier alpha value is -3.59. The van der Waals surface area contributed by atoms with Gasteiger partial charge in [0.1, 0.15) is 11.4 Å². The third kappa shape index (κ3) is 2.64. The van der Waals surface area contributed by atoms with Gasteiger partial charge in [0, 0.05) is 29.8 Å². The first-order chi connectivity index (χ1) is 13.9. The van der Waals surface area contributed by atoms with Crippen molar-refractivity contribution in [3.8, 4) is 16.9 Å². The minimum atomic E-state index is 0.843. The second-order valence-corrected chi connectivity index (χ2v) is 6.79. The predicted molar refractivity (Wildman–Crippen MR) is 117 cm³/mol. The lowest BCUT2D eigenvalue weighted by Crippen LogP contribution is -1.96. The number of allylic oxidation sites excluding steroid dienone is 3. The van der Waals surface area contributed by atoms with E-state index in [0.717, 1.165) is 40.2 Å². The summed E-state index contributed by atoms with van der Waals surface area (Å²) >= 11 is 0.